The second-order valence-electron chi connectivity index (χ2n) is 4.98. The molecule has 1 aromatic heterocycles. The Labute approximate surface area is 122 Å². The highest BCUT2D eigenvalue weighted by Gasteiger charge is 2.19. The van der Waals surface area contributed by atoms with Crippen molar-refractivity contribution < 1.29 is 13.9 Å². The van der Waals surface area contributed by atoms with Crippen molar-refractivity contribution in [2.75, 3.05) is 20.1 Å². The van der Waals surface area contributed by atoms with Crippen LogP contribution < -0.4 is 0 Å². The van der Waals surface area contributed by atoms with Gasteiger partial charge in [-0.25, -0.2) is 8.78 Å². The Morgan fingerprint density at radius 2 is 1.86 bits per heavy atom. The molecule has 0 saturated carbocycles. The summed E-state index contributed by atoms with van der Waals surface area (Å²) in [4.78, 5) is 6.03. The van der Waals surface area contributed by atoms with Gasteiger partial charge in [-0.1, -0.05) is 12.1 Å². The molecule has 0 bridgehead atoms. The largest absolute Gasteiger partial charge is 0.387 e. The molecule has 1 atom stereocenters. The zero-order chi connectivity index (χ0) is 15.2. The van der Waals surface area contributed by atoms with Crippen LogP contribution in [0.4, 0.5) is 8.78 Å². The van der Waals surface area contributed by atoms with Gasteiger partial charge >= 0.3 is 0 Å². The minimum atomic E-state index is -1.19. The molecule has 0 aliphatic rings. The smallest absolute Gasteiger partial charge is 0.131 e. The molecule has 0 aliphatic heterocycles. The van der Waals surface area contributed by atoms with Crippen LogP contribution in [0, 0.1) is 11.6 Å². The monoisotopic (exact) mass is 292 g/mol. The maximum atomic E-state index is 13.6. The average Bonchev–Trinajstić information content (AvgIpc) is 2.46. The molecule has 3 nitrogen and oxygen atoms in total. The standard InChI is InChI=1S/C16H18F2N2O/c1-20(10-8-12-5-2-3-9-19-12)11-15(21)16-13(17)6-4-7-14(16)18/h2-7,9,15,21H,8,10-11H2,1H3. The third kappa shape index (κ3) is 4.31. The van der Waals surface area contributed by atoms with E-state index in [0.29, 0.717) is 13.0 Å². The molecule has 1 N–H and O–H groups in total. The molecular formula is C16H18F2N2O. The SMILES string of the molecule is CN(CCc1ccccn1)CC(O)c1c(F)cccc1F. The predicted octanol–water partition coefficient (Wildman–Crippen LogP) is 2.57. The van der Waals surface area contributed by atoms with E-state index in [1.807, 2.05) is 23.1 Å². The lowest BCUT2D eigenvalue weighted by Gasteiger charge is -2.21. The van der Waals surface area contributed by atoms with Gasteiger partial charge in [0.25, 0.3) is 0 Å². The number of likely N-dealkylation sites (N-methyl/N-ethyl adjacent to an activating group) is 1. The van der Waals surface area contributed by atoms with Crippen LogP contribution in [0.25, 0.3) is 0 Å². The molecule has 2 aromatic rings. The van der Waals surface area contributed by atoms with Gasteiger partial charge in [0.15, 0.2) is 0 Å². The molecule has 0 amide bonds. The van der Waals surface area contributed by atoms with Crippen molar-refractivity contribution in [2.24, 2.45) is 0 Å². The molecule has 0 saturated heterocycles. The maximum Gasteiger partial charge on any atom is 0.131 e. The van der Waals surface area contributed by atoms with Crippen molar-refractivity contribution in [2.45, 2.75) is 12.5 Å². The maximum absolute atomic E-state index is 13.6. The number of aliphatic hydroxyl groups excluding tert-OH is 1. The highest BCUT2D eigenvalue weighted by molar-refractivity contribution is 5.22. The third-order valence-electron chi connectivity index (χ3n) is 3.29. The van der Waals surface area contributed by atoms with Gasteiger partial charge in [0.05, 0.1) is 11.7 Å². The number of halogens is 2. The number of rotatable bonds is 6. The highest BCUT2D eigenvalue weighted by Crippen LogP contribution is 2.21. The van der Waals surface area contributed by atoms with Crippen molar-refractivity contribution in [3.8, 4) is 0 Å². The molecule has 21 heavy (non-hydrogen) atoms. The van der Waals surface area contributed by atoms with Crippen LogP contribution >= 0.6 is 0 Å². The van der Waals surface area contributed by atoms with Crippen LogP contribution in [-0.2, 0) is 6.42 Å². The molecule has 0 aliphatic carbocycles. The van der Waals surface area contributed by atoms with Crippen LogP contribution in [-0.4, -0.2) is 35.1 Å². The van der Waals surface area contributed by atoms with Crippen molar-refractivity contribution in [1.82, 2.24) is 9.88 Å². The summed E-state index contributed by atoms with van der Waals surface area (Å²) < 4.78 is 27.1. The average molecular weight is 292 g/mol. The van der Waals surface area contributed by atoms with Crippen molar-refractivity contribution in [3.05, 3.63) is 65.5 Å². The number of aliphatic hydroxyl groups is 1. The lowest BCUT2D eigenvalue weighted by atomic mass is 10.1. The predicted molar refractivity (Wildman–Crippen MR) is 76.8 cm³/mol. The van der Waals surface area contributed by atoms with E-state index in [2.05, 4.69) is 4.98 Å². The van der Waals surface area contributed by atoms with E-state index in [-0.39, 0.29) is 12.1 Å². The Balaban J connectivity index is 1.91. The summed E-state index contributed by atoms with van der Waals surface area (Å²) in [6, 6.07) is 9.25. The van der Waals surface area contributed by atoms with Crippen molar-refractivity contribution in [3.63, 3.8) is 0 Å². The molecule has 0 radical (unpaired) electrons. The number of hydrogen-bond acceptors (Lipinski definition) is 3. The Kier molecular flexibility index (Phi) is 5.36. The van der Waals surface area contributed by atoms with Crippen molar-refractivity contribution >= 4 is 0 Å². The van der Waals surface area contributed by atoms with Gasteiger partial charge in [0.1, 0.15) is 11.6 Å². The first-order valence-electron chi connectivity index (χ1n) is 6.78. The first-order chi connectivity index (χ1) is 10.1. The zero-order valence-electron chi connectivity index (χ0n) is 11.8. The minimum Gasteiger partial charge on any atom is -0.387 e. The van der Waals surface area contributed by atoms with Crippen molar-refractivity contribution in [1.29, 1.82) is 0 Å². The fraction of sp³-hybridized carbons (Fsp3) is 0.312. The number of nitrogens with zero attached hydrogens (tertiary/aromatic N) is 2. The molecule has 2 rings (SSSR count). The molecule has 112 valence electrons. The number of benzene rings is 1. The van der Waals surface area contributed by atoms with Gasteiger partial charge in [-0.05, 0) is 31.3 Å². The fourth-order valence-electron chi connectivity index (χ4n) is 2.16. The van der Waals surface area contributed by atoms with Gasteiger partial charge in [-0.15, -0.1) is 0 Å². The summed E-state index contributed by atoms with van der Waals surface area (Å²) in [5, 5.41) is 10.0. The van der Waals surface area contributed by atoms with Gasteiger partial charge in [-0.2, -0.15) is 0 Å². The lowest BCUT2D eigenvalue weighted by molar-refractivity contribution is 0.120. The molecule has 0 fully saturated rings. The van der Waals surface area contributed by atoms with Crippen LogP contribution in [0.3, 0.4) is 0 Å². The minimum absolute atomic E-state index is 0.157. The van der Waals surface area contributed by atoms with E-state index in [9.17, 15) is 13.9 Å². The van der Waals surface area contributed by atoms with E-state index in [1.54, 1.807) is 13.2 Å². The molecule has 5 heteroatoms. The first-order valence-corrected chi connectivity index (χ1v) is 6.78. The third-order valence-corrected chi connectivity index (χ3v) is 3.29. The summed E-state index contributed by atoms with van der Waals surface area (Å²) in [5.74, 6) is -1.44. The van der Waals surface area contributed by atoms with E-state index < -0.39 is 17.7 Å². The lowest BCUT2D eigenvalue weighted by Crippen LogP contribution is -2.27. The Morgan fingerprint density at radius 3 is 2.48 bits per heavy atom. The molecule has 1 heterocycles. The van der Waals surface area contributed by atoms with E-state index in [1.165, 1.54) is 6.07 Å². The fourth-order valence-corrected chi connectivity index (χ4v) is 2.16. The Bertz CT molecular complexity index is 557. The molecule has 1 unspecified atom stereocenters. The summed E-state index contributed by atoms with van der Waals surface area (Å²) in [5.41, 5.74) is 0.665. The van der Waals surface area contributed by atoms with Crippen LogP contribution in [0.1, 0.15) is 17.4 Å². The summed E-state index contributed by atoms with van der Waals surface area (Å²) >= 11 is 0. The van der Waals surface area contributed by atoms with Gasteiger partial charge < -0.3 is 10.0 Å². The number of hydrogen-bond donors (Lipinski definition) is 1. The number of pyridine rings is 1. The normalized spacial score (nSPS) is 12.6. The Morgan fingerprint density at radius 1 is 1.14 bits per heavy atom. The van der Waals surface area contributed by atoms with Crippen LogP contribution in [0.5, 0.6) is 0 Å². The van der Waals surface area contributed by atoms with E-state index >= 15 is 0 Å². The van der Waals surface area contributed by atoms with E-state index in [4.69, 9.17) is 0 Å². The second-order valence-corrected chi connectivity index (χ2v) is 4.98. The second kappa shape index (κ2) is 7.24. The summed E-state index contributed by atoms with van der Waals surface area (Å²) in [6.45, 7) is 0.800. The van der Waals surface area contributed by atoms with Crippen LogP contribution in [0.2, 0.25) is 0 Å². The summed E-state index contributed by atoms with van der Waals surface area (Å²) in [6.07, 6.45) is 1.24. The molecule has 1 aromatic carbocycles. The van der Waals surface area contributed by atoms with Gasteiger partial charge in [-0.3, -0.25) is 4.98 Å². The summed E-state index contributed by atoms with van der Waals surface area (Å²) in [7, 11) is 1.80. The quantitative estimate of drug-likeness (QED) is 0.889. The van der Waals surface area contributed by atoms with E-state index in [0.717, 1.165) is 17.8 Å². The zero-order valence-corrected chi connectivity index (χ0v) is 11.8. The van der Waals surface area contributed by atoms with Gasteiger partial charge in [0.2, 0.25) is 0 Å². The highest BCUT2D eigenvalue weighted by atomic mass is 19.1. The first kappa shape index (κ1) is 15.5. The molecule has 0 spiro atoms. The topological polar surface area (TPSA) is 36.4 Å². The van der Waals surface area contributed by atoms with Crippen LogP contribution in [0.15, 0.2) is 42.6 Å². The number of aromatic nitrogens is 1. The Hall–Kier alpha value is -1.85. The van der Waals surface area contributed by atoms with Gasteiger partial charge in [0, 0.05) is 31.4 Å². The molecular weight excluding hydrogens is 274 g/mol.